The molecule has 5 heteroatoms. The number of ether oxygens (including phenoxy) is 1. The average Bonchev–Trinajstić information content (AvgIpc) is 2.93. The number of hydrogen-bond acceptors (Lipinski definition) is 4. The molecule has 2 aliphatic heterocycles. The van der Waals surface area contributed by atoms with E-state index < -0.39 is 0 Å². The molecule has 1 aromatic rings. The van der Waals surface area contributed by atoms with Crippen molar-refractivity contribution in [1.82, 2.24) is 4.98 Å². The van der Waals surface area contributed by atoms with Gasteiger partial charge in [0.15, 0.2) is 0 Å². The largest absolute Gasteiger partial charge is 0.513 e. The van der Waals surface area contributed by atoms with Crippen LogP contribution in [0.15, 0.2) is 18.3 Å². The quantitative estimate of drug-likeness (QED) is 0.760. The van der Waals surface area contributed by atoms with Crippen molar-refractivity contribution >= 4 is 12.7 Å². The molecule has 0 spiro atoms. The van der Waals surface area contributed by atoms with E-state index >= 15 is 0 Å². The molecule has 1 unspecified atom stereocenters. The summed E-state index contributed by atoms with van der Waals surface area (Å²) in [7, 11) is -0.327. The molecule has 102 valence electrons. The highest BCUT2D eigenvalue weighted by molar-refractivity contribution is 6.60. The lowest BCUT2D eigenvalue weighted by Crippen LogP contribution is -2.48. The fraction of sp³-hybridized carbons (Fsp3) is 0.643. The number of nitrogens with zero attached hydrogens (tertiary/aromatic N) is 1. The molecule has 19 heavy (non-hydrogen) atoms. The van der Waals surface area contributed by atoms with Gasteiger partial charge in [-0.15, -0.1) is 0 Å². The molecule has 3 heterocycles. The Kier molecular flexibility index (Phi) is 3.61. The predicted octanol–water partition coefficient (Wildman–Crippen LogP) is 1.70. The highest BCUT2D eigenvalue weighted by Gasteiger charge is 2.34. The van der Waals surface area contributed by atoms with Crippen LogP contribution in [0.4, 0.5) is 0 Å². The van der Waals surface area contributed by atoms with E-state index in [1.807, 2.05) is 12.3 Å². The van der Waals surface area contributed by atoms with Gasteiger partial charge in [-0.1, -0.05) is 19.9 Å². The van der Waals surface area contributed by atoms with Crippen LogP contribution in [0.3, 0.4) is 0 Å². The van der Waals surface area contributed by atoms with Crippen LogP contribution >= 0.6 is 0 Å². The third-order valence-corrected chi connectivity index (χ3v) is 3.60. The molecular formula is C14H20BNO3. The molecule has 4 nitrogen and oxygen atoms in total. The second kappa shape index (κ2) is 5.23. The molecule has 0 aromatic carbocycles. The normalized spacial score (nSPS) is 26.6. The van der Waals surface area contributed by atoms with Crippen molar-refractivity contribution in [2.24, 2.45) is 5.41 Å². The molecule has 0 saturated carbocycles. The number of pyridine rings is 1. The van der Waals surface area contributed by atoms with E-state index in [1.165, 1.54) is 0 Å². The third kappa shape index (κ3) is 2.99. The Morgan fingerprint density at radius 2 is 2.05 bits per heavy atom. The summed E-state index contributed by atoms with van der Waals surface area (Å²) in [5.74, 6) is 0. The zero-order valence-corrected chi connectivity index (χ0v) is 11.6. The molecule has 1 atom stereocenters. The van der Waals surface area contributed by atoms with Crippen LogP contribution in [0.1, 0.15) is 38.4 Å². The van der Waals surface area contributed by atoms with Gasteiger partial charge in [0.25, 0.3) is 0 Å². The Morgan fingerprint density at radius 3 is 2.63 bits per heavy atom. The van der Waals surface area contributed by atoms with Gasteiger partial charge in [-0.25, -0.2) is 0 Å². The van der Waals surface area contributed by atoms with Crippen molar-refractivity contribution in [3.05, 3.63) is 23.9 Å². The van der Waals surface area contributed by atoms with Gasteiger partial charge < -0.3 is 14.0 Å². The first-order valence-corrected chi connectivity index (χ1v) is 6.95. The highest BCUT2D eigenvalue weighted by atomic mass is 16.6. The van der Waals surface area contributed by atoms with Gasteiger partial charge in [-0.3, -0.25) is 4.98 Å². The maximum atomic E-state index is 5.73. The van der Waals surface area contributed by atoms with Crippen LogP contribution < -0.4 is 5.59 Å². The summed E-state index contributed by atoms with van der Waals surface area (Å²) in [6.45, 7) is 6.53. The first-order chi connectivity index (χ1) is 9.14. The van der Waals surface area contributed by atoms with E-state index in [1.54, 1.807) is 0 Å². The second-order valence-electron chi connectivity index (χ2n) is 6.14. The Bertz CT molecular complexity index is 419. The van der Waals surface area contributed by atoms with E-state index in [-0.39, 0.29) is 18.6 Å². The van der Waals surface area contributed by atoms with Crippen LogP contribution in [0.25, 0.3) is 0 Å². The fourth-order valence-electron chi connectivity index (χ4n) is 2.45. The van der Waals surface area contributed by atoms with Gasteiger partial charge in [0, 0.05) is 31.4 Å². The lowest BCUT2D eigenvalue weighted by atomic mass is 9.79. The van der Waals surface area contributed by atoms with E-state index in [2.05, 4.69) is 24.9 Å². The van der Waals surface area contributed by atoms with Crippen molar-refractivity contribution in [3.63, 3.8) is 0 Å². The monoisotopic (exact) mass is 261 g/mol. The van der Waals surface area contributed by atoms with Crippen LogP contribution in [-0.4, -0.2) is 31.9 Å². The summed E-state index contributed by atoms with van der Waals surface area (Å²) in [6.07, 6.45) is 4.33. The molecular weight excluding hydrogens is 241 g/mol. The van der Waals surface area contributed by atoms with E-state index in [0.717, 1.165) is 30.6 Å². The summed E-state index contributed by atoms with van der Waals surface area (Å²) in [5, 5.41) is 0. The van der Waals surface area contributed by atoms with Crippen LogP contribution in [0.2, 0.25) is 0 Å². The molecule has 2 aliphatic rings. The topological polar surface area (TPSA) is 40.6 Å². The van der Waals surface area contributed by atoms with Gasteiger partial charge in [-0.2, -0.15) is 0 Å². The molecule has 1 aromatic heterocycles. The molecule has 0 aliphatic carbocycles. The predicted molar refractivity (Wildman–Crippen MR) is 73.2 cm³/mol. The Hall–Kier alpha value is -0.905. The van der Waals surface area contributed by atoms with Crippen LogP contribution in [0, 0.1) is 5.41 Å². The zero-order valence-electron chi connectivity index (χ0n) is 11.6. The van der Waals surface area contributed by atoms with Crippen molar-refractivity contribution < 1.29 is 14.0 Å². The van der Waals surface area contributed by atoms with Gasteiger partial charge >= 0.3 is 7.12 Å². The Labute approximate surface area is 114 Å². The van der Waals surface area contributed by atoms with Gasteiger partial charge in [0.1, 0.15) is 0 Å². The fourth-order valence-corrected chi connectivity index (χ4v) is 2.45. The molecule has 2 saturated heterocycles. The smallest absolute Gasteiger partial charge is 0.406 e. The van der Waals surface area contributed by atoms with Gasteiger partial charge in [0.05, 0.1) is 11.7 Å². The van der Waals surface area contributed by atoms with E-state index in [0.29, 0.717) is 13.2 Å². The second-order valence-corrected chi connectivity index (χ2v) is 6.14. The first-order valence-electron chi connectivity index (χ1n) is 6.95. The maximum absolute atomic E-state index is 5.73. The maximum Gasteiger partial charge on any atom is 0.513 e. The van der Waals surface area contributed by atoms with Crippen molar-refractivity contribution in [3.8, 4) is 0 Å². The number of aromatic nitrogens is 1. The van der Waals surface area contributed by atoms with E-state index in [9.17, 15) is 0 Å². The minimum absolute atomic E-state index is 0.0914. The number of rotatable bonds is 2. The molecule has 0 amide bonds. The molecule has 2 fully saturated rings. The third-order valence-electron chi connectivity index (χ3n) is 3.60. The van der Waals surface area contributed by atoms with Crippen LogP contribution in [0.5, 0.6) is 0 Å². The van der Waals surface area contributed by atoms with Crippen LogP contribution in [-0.2, 0) is 14.0 Å². The van der Waals surface area contributed by atoms with Crippen molar-refractivity contribution in [1.29, 1.82) is 0 Å². The summed E-state index contributed by atoms with van der Waals surface area (Å²) in [4.78, 5) is 4.46. The Balaban J connectivity index is 1.66. The minimum Gasteiger partial charge on any atom is -0.406 e. The van der Waals surface area contributed by atoms with Gasteiger partial charge in [0.2, 0.25) is 0 Å². The van der Waals surface area contributed by atoms with Crippen molar-refractivity contribution in [2.45, 2.75) is 32.8 Å². The Morgan fingerprint density at radius 1 is 1.26 bits per heavy atom. The average molecular weight is 261 g/mol. The highest BCUT2D eigenvalue weighted by Crippen LogP contribution is 2.27. The molecule has 0 bridgehead atoms. The lowest BCUT2D eigenvalue weighted by molar-refractivity contribution is 0.0339. The molecule has 0 radical (unpaired) electrons. The zero-order chi connectivity index (χ0) is 13.3. The molecule has 0 N–H and O–H groups in total. The summed E-state index contributed by atoms with van der Waals surface area (Å²) in [5.41, 5.74) is 2.09. The summed E-state index contributed by atoms with van der Waals surface area (Å²) < 4.78 is 17.1. The minimum atomic E-state index is -0.327. The first kappa shape index (κ1) is 13.1. The van der Waals surface area contributed by atoms with Crippen molar-refractivity contribution in [2.75, 3.05) is 19.8 Å². The van der Waals surface area contributed by atoms with Gasteiger partial charge in [-0.05, 0) is 24.5 Å². The summed E-state index contributed by atoms with van der Waals surface area (Å²) in [6, 6.07) is 4.06. The molecule has 3 rings (SSSR count). The summed E-state index contributed by atoms with van der Waals surface area (Å²) >= 11 is 0. The standard InChI is InChI=1S/C14H20BNO3/c1-14(2)9-18-15(19-10-14)13-6-5-11(8-16-13)12-4-3-7-17-12/h5-6,8,12H,3-4,7,9-10H2,1-2H3. The lowest BCUT2D eigenvalue weighted by Gasteiger charge is -2.32. The number of hydrogen-bond donors (Lipinski definition) is 0. The van der Waals surface area contributed by atoms with E-state index in [4.69, 9.17) is 14.0 Å². The SMILES string of the molecule is CC1(C)COB(c2ccc(C3CCCO3)cn2)OC1.